The number of hydrogen-bond donors (Lipinski definition) is 1. The van der Waals surface area contributed by atoms with Crippen LogP contribution >= 0.6 is 0 Å². The summed E-state index contributed by atoms with van der Waals surface area (Å²) in [7, 11) is 1.11. The van der Waals surface area contributed by atoms with E-state index in [-0.39, 0.29) is 0 Å². The van der Waals surface area contributed by atoms with E-state index in [9.17, 15) is 13.2 Å². The molecule has 3 nitrogen and oxygen atoms in total. The SMILES string of the molecule is Cn1ncc(O)c1C(F)(F)F. The lowest BCUT2D eigenvalue weighted by molar-refractivity contribution is -0.144. The van der Waals surface area contributed by atoms with E-state index in [4.69, 9.17) is 5.11 Å². The van der Waals surface area contributed by atoms with Crippen molar-refractivity contribution < 1.29 is 18.3 Å². The predicted molar refractivity (Wildman–Crippen MR) is 29.9 cm³/mol. The molecule has 0 unspecified atom stereocenters. The Morgan fingerprint density at radius 2 is 2.09 bits per heavy atom. The second-order valence-electron chi connectivity index (χ2n) is 2.00. The second-order valence-corrected chi connectivity index (χ2v) is 2.00. The number of halogens is 3. The Balaban J connectivity index is 3.21. The third-order valence-corrected chi connectivity index (χ3v) is 1.19. The summed E-state index contributed by atoms with van der Waals surface area (Å²) in [6, 6.07) is 0. The highest BCUT2D eigenvalue weighted by atomic mass is 19.4. The molecular formula is C5H5F3N2O. The third kappa shape index (κ3) is 1.28. The van der Waals surface area contributed by atoms with Gasteiger partial charge in [0.05, 0.1) is 6.20 Å². The van der Waals surface area contributed by atoms with Crippen LogP contribution in [0.1, 0.15) is 5.69 Å². The average molecular weight is 166 g/mol. The van der Waals surface area contributed by atoms with Crippen molar-refractivity contribution in [3.8, 4) is 5.75 Å². The molecule has 0 atom stereocenters. The molecule has 0 fully saturated rings. The molecule has 0 aromatic carbocycles. The number of rotatable bonds is 0. The normalized spacial score (nSPS) is 12.0. The van der Waals surface area contributed by atoms with Crippen LogP contribution in [0.3, 0.4) is 0 Å². The smallest absolute Gasteiger partial charge is 0.436 e. The first-order valence-corrected chi connectivity index (χ1v) is 2.71. The van der Waals surface area contributed by atoms with Crippen LogP contribution < -0.4 is 0 Å². The van der Waals surface area contributed by atoms with Crippen LogP contribution in [0.25, 0.3) is 0 Å². The number of aryl methyl sites for hydroxylation is 1. The molecule has 0 aliphatic rings. The van der Waals surface area contributed by atoms with Crippen LogP contribution in [0.2, 0.25) is 0 Å². The van der Waals surface area contributed by atoms with Gasteiger partial charge in [-0.3, -0.25) is 4.68 Å². The van der Waals surface area contributed by atoms with E-state index in [0.29, 0.717) is 4.68 Å². The quantitative estimate of drug-likeness (QED) is 0.627. The summed E-state index contributed by atoms with van der Waals surface area (Å²) < 4.78 is 36.3. The lowest BCUT2D eigenvalue weighted by Gasteiger charge is -2.05. The van der Waals surface area contributed by atoms with Crippen LogP contribution in [-0.4, -0.2) is 14.9 Å². The minimum Gasteiger partial charge on any atom is -0.504 e. The van der Waals surface area contributed by atoms with Gasteiger partial charge in [0.1, 0.15) is 0 Å². The maximum Gasteiger partial charge on any atom is 0.436 e. The van der Waals surface area contributed by atoms with E-state index in [2.05, 4.69) is 5.10 Å². The maximum atomic E-state index is 11.9. The van der Waals surface area contributed by atoms with Crippen LogP contribution in [0.5, 0.6) is 5.75 Å². The summed E-state index contributed by atoms with van der Waals surface area (Å²) in [6.07, 6.45) is -3.79. The van der Waals surface area contributed by atoms with E-state index in [1.807, 2.05) is 0 Å². The molecule has 0 saturated carbocycles. The molecule has 6 heteroatoms. The van der Waals surface area contributed by atoms with E-state index < -0.39 is 17.6 Å². The Bertz CT molecular complexity index is 246. The number of hydrogen-bond acceptors (Lipinski definition) is 2. The second kappa shape index (κ2) is 2.14. The summed E-state index contributed by atoms with van der Waals surface area (Å²) in [6.45, 7) is 0. The Morgan fingerprint density at radius 3 is 2.27 bits per heavy atom. The van der Waals surface area contributed by atoms with Crippen molar-refractivity contribution >= 4 is 0 Å². The topological polar surface area (TPSA) is 38.0 Å². The molecule has 0 amide bonds. The monoisotopic (exact) mass is 166 g/mol. The van der Waals surface area contributed by atoms with Gasteiger partial charge in [0.2, 0.25) is 0 Å². The van der Waals surface area contributed by atoms with Crippen molar-refractivity contribution in [2.45, 2.75) is 6.18 Å². The molecule has 11 heavy (non-hydrogen) atoms. The Morgan fingerprint density at radius 1 is 1.55 bits per heavy atom. The lowest BCUT2D eigenvalue weighted by Crippen LogP contribution is -2.11. The highest BCUT2D eigenvalue weighted by Gasteiger charge is 2.37. The number of aromatic nitrogens is 2. The number of aromatic hydroxyl groups is 1. The highest BCUT2D eigenvalue weighted by molar-refractivity contribution is 5.25. The molecule has 1 rings (SSSR count). The summed E-state index contributed by atoms with van der Waals surface area (Å²) >= 11 is 0. The van der Waals surface area contributed by atoms with E-state index >= 15 is 0 Å². The molecular weight excluding hydrogens is 161 g/mol. The minimum atomic E-state index is -4.55. The molecule has 0 radical (unpaired) electrons. The summed E-state index contributed by atoms with van der Waals surface area (Å²) in [4.78, 5) is 0. The van der Waals surface area contributed by atoms with Gasteiger partial charge in [0, 0.05) is 7.05 Å². The maximum absolute atomic E-state index is 11.9. The molecule has 1 aromatic heterocycles. The first-order valence-electron chi connectivity index (χ1n) is 2.71. The van der Waals surface area contributed by atoms with Crippen LogP contribution in [0, 0.1) is 0 Å². The molecule has 0 saturated heterocycles. The van der Waals surface area contributed by atoms with Gasteiger partial charge in [0.25, 0.3) is 0 Å². The number of alkyl halides is 3. The molecule has 1 aromatic rings. The van der Waals surface area contributed by atoms with Crippen molar-refractivity contribution in [3.63, 3.8) is 0 Å². The summed E-state index contributed by atoms with van der Waals surface area (Å²) in [5.41, 5.74) is -1.13. The van der Waals surface area contributed by atoms with Crippen molar-refractivity contribution in [2.24, 2.45) is 7.05 Å². The van der Waals surface area contributed by atoms with Gasteiger partial charge >= 0.3 is 6.18 Å². The fourth-order valence-electron chi connectivity index (χ4n) is 0.755. The Hall–Kier alpha value is -1.20. The van der Waals surface area contributed by atoms with Crippen molar-refractivity contribution in [1.82, 2.24) is 9.78 Å². The van der Waals surface area contributed by atoms with Crippen LogP contribution in [-0.2, 0) is 13.2 Å². The average Bonchev–Trinajstić information content (AvgIpc) is 2.08. The van der Waals surface area contributed by atoms with Crippen molar-refractivity contribution in [2.75, 3.05) is 0 Å². The van der Waals surface area contributed by atoms with E-state index in [1.54, 1.807) is 0 Å². The molecule has 0 aliphatic carbocycles. The minimum absolute atomic E-state index is 0.579. The molecule has 1 N–H and O–H groups in total. The fraction of sp³-hybridized carbons (Fsp3) is 0.400. The fourth-order valence-corrected chi connectivity index (χ4v) is 0.755. The number of nitrogens with zero attached hydrogens (tertiary/aromatic N) is 2. The van der Waals surface area contributed by atoms with Crippen molar-refractivity contribution in [1.29, 1.82) is 0 Å². The van der Waals surface area contributed by atoms with Gasteiger partial charge in [0.15, 0.2) is 11.4 Å². The van der Waals surface area contributed by atoms with Gasteiger partial charge in [-0.15, -0.1) is 0 Å². The summed E-state index contributed by atoms with van der Waals surface area (Å²) in [5.74, 6) is -0.847. The van der Waals surface area contributed by atoms with Gasteiger partial charge in [-0.05, 0) is 0 Å². The van der Waals surface area contributed by atoms with Crippen LogP contribution in [0.4, 0.5) is 13.2 Å². The Labute approximate surface area is 60.1 Å². The molecule has 0 bridgehead atoms. The zero-order valence-corrected chi connectivity index (χ0v) is 5.55. The molecule has 0 aliphatic heterocycles. The first-order chi connectivity index (χ1) is 4.93. The zero-order chi connectivity index (χ0) is 8.65. The highest BCUT2D eigenvalue weighted by Crippen LogP contribution is 2.34. The van der Waals surface area contributed by atoms with Gasteiger partial charge in [-0.25, -0.2) is 0 Å². The van der Waals surface area contributed by atoms with Gasteiger partial charge in [-0.1, -0.05) is 0 Å². The molecule has 0 spiro atoms. The largest absolute Gasteiger partial charge is 0.504 e. The van der Waals surface area contributed by atoms with Gasteiger partial charge < -0.3 is 5.11 Å². The standard InChI is InChI=1S/C5H5F3N2O/c1-10-4(5(6,7)8)3(11)2-9-10/h2,11H,1H3. The van der Waals surface area contributed by atoms with Gasteiger partial charge in [-0.2, -0.15) is 18.3 Å². The predicted octanol–water partition coefficient (Wildman–Crippen LogP) is 1.14. The van der Waals surface area contributed by atoms with Crippen LogP contribution in [0.15, 0.2) is 6.20 Å². The van der Waals surface area contributed by atoms with Crippen molar-refractivity contribution in [3.05, 3.63) is 11.9 Å². The van der Waals surface area contributed by atoms with E-state index in [0.717, 1.165) is 13.2 Å². The lowest BCUT2D eigenvalue weighted by atomic mass is 10.4. The Kier molecular flexibility index (Phi) is 1.54. The molecule has 1 heterocycles. The molecule has 62 valence electrons. The zero-order valence-electron chi connectivity index (χ0n) is 5.55. The first kappa shape index (κ1) is 7.90. The summed E-state index contributed by atoms with van der Waals surface area (Å²) in [5, 5.41) is 11.9. The van der Waals surface area contributed by atoms with E-state index in [1.165, 1.54) is 0 Å². The third-order valence-electron chi connectivity index (χ3n) is 1.19.